The predicted molar refractivity (Wildman–Crippen MR) is 127 cm³/mol. The highest BCUT2D eigenvalue weighted by molar-refractivity contribution is 7.39. The van der Waals surface area contributed by atoms with E-state index >= 15 is 0 Å². The molecule has 0 saturated heterocycles. The van der Waals surface area contributed by atoms with Crippen molar-refractivity contribution in [3.05, 3.63) is 71.8 Å². The Morgan fingerprint density at radius 1 is 0.633 bits per heavy atom. The molecular formula is C26H39O3P. The Morgan fingerprint density at radius 2 is 1.03 bits per heavy atom. The molecule has 2 aromatic carbocycles. The van der Waals surface area contributed by atoms with E-state index < -0.39 is 14.2 Å². The highest BCUT2D eigenvalue weighted by Crippen LogP contribution is 2.46. The molecule has 0 spiro atoms. The second-order valence-corrected chi connectivity index (χ2v) is 8.88. The topological polar surface area (TPSA) is 49.7 Å². The van der Waals surface area contributed by atoms with E-state index in [9.17, 15) is 9.79 Å². The maximum Gasteiger partial charge on any atom is 0.328 e. The van der Waals surface area contributed by atoms with Crippen LogP contribution < -0.4 is 0 Å². The zero-order valence-electron chi connectivity index (χ0n) is 18.5. The third-order valence-corrected chi connectivity index (χ3v) is 6.33. The average molecular weight is 431 g/mol. The fraction of sp³-hybridized carbons (Fsp3) is 0.538. The highest BCUT2D eigenvalue weighted by Gasteiger charge is 2.37. The second kappa shape index (κ2) is 14.7. The van der Waals surface area contributed by atoms with Crippen LogP contribution in [0.4, 0.5) is 0 Å². The van der Waals surface area contributed by atoms with Gasteiger partial charge in [0, 0.05) is 0 Å². The van der Waals surface area contributed by atoms with Gasteiger partial charge in [0.25, 0.3) is 0 Å². The number of unbranched alkanes of at least 4 members (excludes halogenated alkanes) is 10. The molecule has 3 nitrogen and oxygen atoms in total. The molecular weight excluding hydrogens is 391 g/mol. The average Bonchev–Trinajstić information content (AvgIpc) is 2.77. The van der Waals surface area contributed by atoms with Crippen LogP contribution in [0.2, 0.25) is 0 Å². The molecule has 0 heterocycles. The Bertz CT molecular complexity index is 621. The molecule has 0 atom stereocenters. The standard InChI is InChI=1S/C26H39O3P/c1-2-3-4-5-6-7-8-9-10-11-18-23-26(29-30(27)28,24-19-14-12-15-20-24)25-21-16-13-17-22-25/h12-17,19-22,27-28H,2-11,18,23H2,1H3. The lowest BCUT2D eigenvalue weighted by Gasteiger charge is -2.35. The van der Waals surface area contributed by atoms with Gasteiger partial charge in [-0.25, -0.2) is 0 Å². The van der Waals surface area contributed by atoms with E-state index in [4.69, 9.17) is 4.52 Å². The van der Waals surface area contributed by atoms with Crippen LogP contribution >= 0.6 is 8.60 Å². The first-order chi connectivity index (χ1) is 14.7. The van der Waals surface area contributed by atoms with E-state index in [1.807, 2.05) is 60.7 Å². The normalized spacial score (nSPS) is 11.9. The molecule has 2 aromatic rings. The Labute approximate surface area is 184 Å². The zero-order valence-corrected chi connectivity index (χ0v) is 19.4. The van der Waals surface area contributed by atoms with Crippen LogP contribution in [0.25, 0.3) is 0 Å². The summed E-state index contributed by atoms with van der Waals surface area (Å²) in [5, 5.41) is 0. The van der Waals surface area contributed by atoms with Gasteiger partial charge < -0.3 is 9.79 Å². The SMILES string of the molecule is CCCCCCCCCCCCCC(OP(O)O)(c1ccccc1)c1ccccc1. The number of hydrogen-bond donors (Lipinski definition) is 2. The first-order valence-corrected chi connectivity index (χ1v) is 12.8. The van der Waals surface area contributed by atoms with Crippen LogP contribution in [0.3, 0.4) is 0 Å². The van der Waals surface area contributed by atoms with E-state index in [2.05, 4.69) is 6.92 Å². The quantitative estimate of drug-likeness (QED) is 0.210. The van der Waals surface area contributed by atoms with Crippen molar-refractivity contribution >= 4 is 8.60 Å². The van der Waals surface area contributed by atoms with Crippen molar-refractivity contribution in [1.29, 1.82) is 0 Å². The van der Waals surface area contributed by atoms with E-state index in [1.54, 1.807) is 0 Å². The Hall–Kier alpha value is -1.25. The number of benzene rings is 2. The molecule has 0 aliphatic carbocycles. The van der Waals surface area contributed by atoms with Crippen molar-refractivity contribution in [3.63, 3.8) is 0 Å². The molecule has 0 aliphatic heterocycles. The predicted octanol–water partition coefficient (Wildman–Crippen LogP) is 7.86. The molecule has 0 saturated carbocycles. The third kappa shape index (κ3) is 8.47. The molecule has 0 radical (unpaired) electrons. The van der Waals surface area contributed by atoms with Crippen molar-refractivity contribution in [2.24, 2.45) is 0 Å². The zero-order chi connectivity index (χ0) is 21.5. The van der Waals surface area contributed by atoms with E-state index in [0.29, 0.717) is 0 Å². The molecule has 0 aliphatic rings. The Kier molecular flexibility index (Phi) is 12.3. The van der Waals surface area contributed by atoms with E-state index in [0.717, 1.165) is 30.4 Å². The third-order valence-electron chi connectivity index (χ3n) is 5.85. The van der Waals surface area contributed by atoms with Crippen LogP contribution in [0.5, 0.6) is 0 Å². The molecule has 166 valence electrons. The van der Waals surface area contributed by atoms with Crippen molar-refractivity contribution in [2.45, 2.75) is 89.6 Å². The summed E-state index contributed by atoms with van der Waals surface area (Å²) in [5.41, 5.74) is 1.12. The van der Waals surface area contributed by atoms with Crippen molar-refractivity contribution < 1.29 is 14.3 Å². The lowest BCUT2D eigenvalue weighted by Crippen LogP contribution is -2.29. The molecule has 0 fully saturated rings. The molecule has 0 bridgehead atoms. The fourth-order valence-electron chi connectivity index (χ4n) is 4.20. The van der Waals surface area contributed by atoms with Gasteiger partial charge in [0.15, 0.2) is 0 Å². The summed E-state index contributed by atoms with van der Waals surface area (Å²) < 4.78 is 5.88. The lowest BCUT2D eigenvalue weighted by atomic mass is 9.82. The van der Waals surface area contributed by atoms with Gasteiger partial charge in [-0.3, -0.25) is 4.52 Å². The van der Waals surface area contributed by atoms with Crippen molar-refractivity contribution in [2.75, 3.05) is 0 Å². The highest BCUT2D eigenvalue weighted by atomic mass is 31.2. The van der Waals surface area contributed by atoms with E-state index in [-0.39, 0.29) is 0 Å². The molecule has 2 N–H and O–H groups in total. The van der Waals surface area contributed by atoms with Crippen molar-refractivity contribution in [3.8, 4) is 0 Å². The van der Waals surface area contributed by atoms with Crippen LogP contribution in [0.1, 0.15) is 95.1 Å². The number of hydrogen-bond acceptors (Lipinski definition) is 3. The van der Waals surface area contributed by atoms with Crippen LogP contribution in [0, 0.1) is 0 Å². The molecule has 0 amide bonds. The Balaban J connectivity index is 1.90. The van der Waals surface area contributed by atoms with Gasteiger partial charge >= 0.3 is 8.60 Å². The summed E-state index contributed by atoms with van der Waals surface area (Å²) in [6.45, 7) is 2.26. The van der Waals surface area contributed by atoms with Gasteiger partial charge in [-0.1, -0.05) is 132 Å². The van der Waals surface area contributed by atoms with E-state index in [1.165, 1.54) is 57.8 Å². The second-order valence-electron chi connectivity index (χ2n) is 8.19. The minimum absolute atomic E-state index is 0.734. The summed E-state index contributed by atoms with van der Waals surface area (Å²) in [6, 6.07) is 19.9. The summed E-state index contributed by atoms with van der Waals surface area (Å²) in [5.74, 6) is 0. The fourth-order valence-corrected chi connectivity index (χ4v) is 4.78. The first kappa shape index (κ1) is 25.0. The maximum atomic E-state index is 9.79. The van der Waals surface area contributed by atoms with Gasteiger partial charge in [-0.15, -0.1) is 0 Å². The largest absolute Gasteiger partial charge is 0.328 e. The summed E-state index contributed by atoms with van der Waals surface area (Å²) in [6.07, 6.45) is 14.9. The van der Waals surface area contributed by atoms with Gasteiger partial charge in [-0.05, 0) is 24.0 Å². The Morgan fingerprint density at radius 3 is 1.43 bits per heavy atom. The number of rotatable bonds is 16. The summed E-state index contributed by atoms with van der Waals surface area (Å²) >= 11 is 0. The maximum absolute atomic E-state index is 9.79. The van der Waals surface area contributed by atoms with Crippen molar-refractivity contribution in [1.82, 2.24) is 0 Å². The molecule has 4 heteroatoms. The molecule has 0 aromatic heterocycles. The summed E-state index contributed by atoms with van der Waals surface area (Å²) in [7, 11) is -2.47. The molecule has 2 rings (SSSR count). The minimum Gasteiger partial charge on any atom is -0.328 e. The summed E-state index contributed by atoms with van der Waals surface area (Å²) in [4.78, 5) is 19.6. The molecule has 0 unspecified atom stereocenters. The lowest BCUT2D eigenvalue weighted by molar-refractivity contribution is 0.0791. The van der Waals surface area contributed by atoms with Crippen LogP contribution in [0.15, 0.2) is 60.7 Å². The monoisotopic (exact) mass is 430 g/mol. The minimum atomic E-state index is -2.47. The van der Waals surface area contributed by atoms with Gasteiger partial charge in [0.05, 0.1) is 0 Å². The molecule has 30 heavy (non-hydrogen) atoms. The smallest absolute Gasteiger partial charge is 0.328 e. The van der Waals surface area contributed by atoms with Crippen LogP contribution in [-0.2, 0) is 10.1 Å². The van der Waals surface area contributed by atoms with Gasteiger partial charge in [0.1, 0.15) is 5.60 Å². The van der Waals surface area contributed by atoms with Gasteiger partial charge in [-0.2, -0.15) is 0 Å². The van der Waals surface area contributed by atoms with Gasteiger partial charge in [0.2, 0.25) is 0 Å². The van der Waals surface area contributed by atoms with Crippen LogP contribution in [-0.4, -0.2) is 9.79 Å². The first-order valence-electron chi connectivity index (χ1n) is 11.7.